The number of hydrogen-bond donors (Lipinski definition) is 0. The lowest BCUT2D eigenvalue weighted by Gasteiger charge is -2.41. The summed E-state index contributed by atoms with van der Waals surface area (Å²) in [5.74, 6) is 3.58. The zero-order valence-corrected chi connectivity index (χ0v) is 33.8. The minimum Gasteiger partial charge on any atom is -0.457 e. The van der Waals surface area contributed by atoms with Crippen molar-refractivity contribution < 1.29 is 4.74 Å². The van der Waals surface area contributed by atoms with Crippen molar-refractivity contribution in [3.05, 3.63) is 259 Å². The van der Waals surface area contributed by atoms with Crippen LogP contribution in [0.3, 0.4) is 0 Å². The van der Waals surface area contributed by atoms with Gasteiger partial charge in [0.25, 0.3) is 0 Å². The minimum atomic E-state index is -0.599. The van der Waals surface area contributed by atoms with Gasteiger partial charge in [-0.3, -0.25) is 0 Å². The lowest BCUT2D eigenvalue weighted by molar-refractivity contribution is 0.434. The Labute approximate surface area is 361 Å². The Morgan fingerprint density at radius 2 is 0.710 bits per heavy atom. The molecular weight excluding hydrogens is 755 g/mol. The van der Waals surface area contributed by atoms with E-state index in [1.54, 1.807) is 0 Å². The maximum Gasteiger partial charge on any atom is 0.164 e. The third-order valence-electron chi connectivity index (χ3n) is 11.9. The monoisotopic (exact) mass is 793 g/mol. The number of rotatable bonds is 8. The van der Waals surface area contributed by atoms with E-state index in [2.05, 4.69) is 188 Å². The first kappa shape index (κ1) is 36.8. The molecular formula is C58H39N3O. The van der Waals surface area contributed by atoms with Crippen molar-refractivity contribution in [2.24, 2.45) is 0 Å². The molecule has 1 aliphatic rings. The summed E-state index contributed by atoms with van der Waals surface area (Å²) >= 11 is 0. The number of fused-ring (bicyclic) bond motifs is 2. The van der Waals surface area contributed by atoms with E-state index in [4.69, 9.17) is 19.7 Å². The zero-order chi connectivity index (χ0) is 41.3. The first-order valence-corrected chi connectivity index (χ1v) is 20.9. The van der Waals surface area contributed by atoms with Crippen molar-refractivity contribution in [2.45, 2.75) is 5.41 Å². The molecule has 1 aromatic heterocycles. The molecule has 0 N–H and O–H groups in total. The average Bonchev–Trinajstić information content (AvgIpc) is 3.36. The summed E-state index contributed by atoms with van der Waals surface area (Å²) < 4.78 is 6.70. The highest BCUT2D eigenvalue weighted by Gasteiger charge is 2.45. The summed E-state index contributed by atoms with van der Waals surface area (Å²) in [4.78, 5) is 15.3. The minimum absolute atomic E-state index is 0.599. The average molecular weight is 794 g/mol. The molecule has 0 fully saturated rings. The van der Waals surface area contributed by atoms with E-state index in [1.165, 1.54) is 11.1 Å². The lowest BCUT2D eigenvalue weighted by atomic mass is 9.63. The fraction of sp³-hybridized carbons (Fsp3) is 0.0172. The third kappa shape index (κ3) is 6.55. The number of para-hydroxylation sites is 1. The highest BCUT2D eigenvalue weighted by molar-refractivity contribution is 5.83. The number of hydrogen-bond acceptors (Lipinski definition) is 4. The van der Waals surface area contributed by atoms with Crippen molar-refractivity contribution in [3.63, 3.8) is 0 Å². The van der Waals surface area contributed by atoms with Gasteiger partial charge in [-0.05, 0) is 74.8 Å². The van der Waals surface area contributed by atoms with Gasteiger partial charge in [-0.25, -0.2) is 15.0 Å². The zero-order valence-electron chi connectivity index (χ0n) is 33.8. The summed E-state index contributed by atoms with van der Waals surface area (Å²) in [5, 5.41) is 0. The second kappa shape index (κ2) is 15.8. The van der Waals surface area contributed by atoms with Gasteiger partial charge in [-0.2, -0.15) is 0 Å². The van der Waals surface area contributed by atoms with Gasteiger partial charge >= 0.3 is 0 Å². The number of nitrogens with zero attached hydrogens (tertiary/aromatic N) is 3. The Morgan fingerprint density at radius 1 is 0.274 bits per heavy atom. The van der Waals surface area contributed by atoms with E-state index < -0.39 is 5.41 Å². The Morgan fingerprint density at radius 3 is 1.35 bits per heavy atom. The second-order valence-corrected chi connectivity index (χ2v) is 15.5. The van der Waals surface area contributed by atoms with E-state index in [1.807, 2.05) is 48.5 Å². The number of ether oxygens (including phenoxy) is 1. The van der Waals surface area contributed by atoms with Gasteiger partial charge in [0.1, 0.15) is 11.5 Å². The molecule has 0 aliphatic carbocycles. The maximum atomic E-state index is 6.70. The molecule has 0 bridgehead atoms. The first-order valence-electron chi connectivity index (χ1n) is 20.9. The van der Waals surface area contributed by atoms with Gasteiger partial charge < -0.3 is 4.74 Å². The van der Waals surface area contributed by atoms with Crippen LogP contribution in [0.25, 0.3) is 67.5 Å². The molecule has 0 unspecified atom stereocenters. The molecule has 0 amide bonds. The van der Waals surface area contributed by atoms with Crippen LogP contribution >= 0.6 is 0 Å². The summed E-state index contributed by atoms with van der Waals surface area (Å²) in [6.07, 6.45) is 0. The maximum absolute atomic E-state index is 6.70. The molecule has 0 spiro atoms. The SMILES string of the molecule is c1ccc(-c2nc(-c3cccc(-c4cccc(-c5ccc6c(c5)C(c5ccccc5)(c5ccccc5)c5ccccc5O6)c4)c3)nc(-c3ccccc3-c3ccccc3)n2)cc1. The topological polar surface area (TPSA) is 47.9 Å². The molecule has 1 aliphatic heterocycles. The van der Waals surface area contributed by atoms with Gasteiger partial charge in [-0.15, -0.1) is 0 Å². The largest absolute Gasteiger partial charge is 0.457 e. The second-order valence-electron chi connectivity index (χ2n) is 15.5. The molecule has 62 heavy (non-hydrogen) atoms. The summed E-state index contributed by atoms with van der Waals surface area (Å²) in [7, 11) is 0. The predicted molar refractivity (Wildman–Crippen MR) is 251 cm³/mol. The Balaban J connectivity index is 1.02. The summed E-state index contributed by atoms with van der Waals surface area (Å²) in [6, 6.07) is 82.8. The lowest BCUT2D eigenvalue weighted by Crippen LogP contribution is -2.34. The van der Waals surface area contributed by atoms with Crippen molar-refractivity contribution in [1.82, 2.24) is 15.0 Å². The van der Waals surface area contributed by atoms with Gasteiger partial charge in [0.15, 0.2) is 17.5 Å². The van der Waals surface area contributed by atoms with Crippen molar-refractivity contribution in [3.8, 4) is 79.0 Å². The van der Waals surface area contributed by atoms with E-state index in [-0.39, 0.29) is 0 Å². The van der Waals surface area contributed by atoms with E-state index in [0.717, 1.165) is 72.7 Å². The molecule has 0 saturated heterocycles. The highest BCUT2D eigenvalue weighted by Crippen LogP contribution is 2.56. The highest BCUT2D eigenvalue weighted by atomic mass is 16.5. The Kier molecular flexibility index (Phi) is 9.36. The van der Waals surface area contributed by atoms with Crippen LogP contribution < -0.4 is 4.74 Å². The fourth-order valence-corrected chi connectivity index (χ4v) is 8.99. The standard InChI is InChI=1S/C58H39N3O/c1-5-19-40(20-6-1)49-31-13-14-32-50(49)57-60-55(41-21-7-2-8-22-41)59-56(61-57)46-26-18-25-44(38-46)42-23-17-24-43(37-42)45-35-36-54-52(39-45)58(47-27-9-3-10-28-47,48-29-11-4-12-30-48)51-33-15-16-34-53(51)62-54/h1-39H. The van der Waals surface area contributed by atoms with Crippen LogP contribution in [0.1, 0.15) is 22.3 Å². The fourth-order valence-electron chi connectivity index (χ4n) is 8.99. The normalized spacial score (nSPS) is 12.5. The van der Waals surface area contributed by atoms with Crippen molar-refractivity contribution in [1.29, 1.82) is 0 Å². The van der Waals surface area contributed by atoms with Crippen LogP contribution in [0.2, 0.25) is 0 Å². The Bertz CT molecular complexity index is 3160. The van der Waals surface area contributed by atoms with Crippen LogP contribution in [0.4, 0.5) is 0 Å². The molecule has 0 atom stereocenters. The summed E-state index contributed by atoms with van der Waals surface area (Å²) in [6.45, 7) is 0. The third-order valence-corrected chi connectivity index (χ3v) is 11.9. The molecule has 4 heteroatoms. The quantitative estimate of drug-likeness (QED) is 0.154. The molecule has 4 nitrogen and oxygen atoms in total. The van der Waals surface area contributed by atoms with Crippen LogP contribution in [-0.4, -0.2) is 15.0 Å². The molecule has 2 heterocycles. The van der Waals surface area contributed by atoms with E-state index in [9.17, 15) is 0 Å². The van der Waals surface area contributed by atoms with Crippen LogP contribution in [0, 0.1) is 0 Å². The number of benzene rings is 9. The molecule has 292 valence electrons. The summed E-state index contributed by atoms with van der Waals surface area (Å²) in [5.41, 5.74) is 13.3. The van der Waals surface area contributed by atoms with Crippen LogP contribution in [-0.2, 0) is 5.41 Å². The molecule has 10 aromatic rings. The smallest absolute Gasteiger partial charge is 0.164 e. The molecule has 0 saturated carbocycles. The predicted octanol–water partition coefficient (Wildman–Crippen LogP) is 14.4. The van der Waals surface area contributed by atoms with Gasteiger partial charge in [0.05, 0.1) is 5.41 Å². The van der Waals surface area contributed by atoms with E-state index in [0.29, 0.717) is 17.5 Å². The molecule has 0 radical (unpaired) electrons. The Hall–Kier alpha value is -8.21. The molecule has 11 rings (SSSR count). The van der Waals surface area contributed by atoms with Gasteiger partial charge in [0, 0.05) is 27.8 Å². The van der Waals surface area contributed by atoms with Crippen molar-refractivity contribution >= 4 is 0 Å². The van der Waals surface area contributed by atoms with E-state index >= 15 is 0 Å². The van der Waals surface area contributed by atoms with Gasteiger partial charge in [-0.1, -0.05) is 206 Å². The number of aromatic nitrogens is 3. The first-order chi connectivity index (χ1) is 30.7. The van der Waals surface area contributed by atoms with Crippen LogP contribution in [0.15, 0.2) is 237 Å². The van der Waals surface area contributed by atoms with Crippen molar-refractivity contribution in [2.75, 3.05) is 0 Å². The van der Waals surface area contributed by atoms with Gasteiger partial charge in [0.2, 0.25) is 0 Å². The van der Waals surface area contributed by atoms with Crippen LogP contribution in [0.5, 0.6) is 11.5 Å². The molecule has 9 aromatic carbocycles.